The molecule has 0 aromatic heterocycles. The molecule has 3 aliphatic heterocycles. The van der Waals surface area contributed by atoms with Gasteiger partial charge in [-0.25, -0.2) is 0 Å². The van der Waals surface area contributed by atoms with Crippen LogP contribution in [0.2, 0.25) is 0 Å². The van der Waals surface area contributed by atoms with Crippen LogP contribution in [0.5, 0.6) is 0 Å². The fourth-order valence-corrected chi connectivity index (χ4v) is 4.33. The third-order valence-corrected chi connectivity index (χ3v) is 5.48. The molecule has 2 fully saturated rings. The van der Waals surface area contributed by atoms with Gasteiger partial charge in [-0.1, -0.05) is 0 Å². The van der Waals surface area contributed by atoms with Crippen molar-refractivity contribution in [2.75, 3.05) is 32.9 Å². The summed E-state index contributed by atoms with van der Waals surface area (Å²) in [5, 5.41) is 0. The molecule has 2 unspecified atom stereocenters. The number of hydrogen-bond acceptors (Lipinski definition) is 4. The maximum atomic E-state index is 6.38. The van der Waals surface area contributed by atoms with Gasteiger partial charge in [-0.15, -0.1) is 0 Å². The van der Waals surface area contributed by atoms with Crippen LogP contribution in [0.25, 0.3) is 0 Å². The fraction of sp³-hybridized carbons (Fsp3) is 0.882. The molecule has 0 N–H and O–H groups in total. The van der Waals surface area contributed by atoms with Gasteiger partial charge in [-0.05, 0) is 44.1 Å². The van der Waals surface area contributed by atoms with Crippen molar-refractivity contribution in [3.8, 4) is 0 Å². The van der Waals surface area contributed by atoms with Crippen molar-refractivity contribution in [1.82, 2.24) is 4.90 Å². The van der Waals surface area contributed by atoms with E-state index in [1.807, 2.05) is 0 Å². The highest BCUT2D eigenvalue weighted by atomic mass is 16.5. The molecule has 118 valence electrons. The first-order chi connectivity index (χ1) is 10.4. The second kappa shape index (κ2) is 6.27. The van der Waals surface area contributed by atoms with Crippen LogP contribution in [0.3, 0.4) is 0 Å². The Bertz CT molecular complexity index is 401. The van der Waals surface area contributed by atoms with Gasteiger partial charge in [0, 0.05) is 38.8 Å². The molecular formula is C17H27NO3. The lowest BCUT2D eigenvalue weighted by Gasteiger charge is -2.26. The van der Waals surface area contributed by atoms with E-state index in [1.54, 1.807) is 0 Å². The lowest BCUT2D eigenvalue weighted by atomic mass is 10.1. The van der Waals surface area contributed by atoms with Crippen LogP contribution in [-0.4, -0.2) is 56.1 Å². The first kappa shape index (κ1) is 14.0. The Balaban J connectivity index is 1.30. The van der Waals surface area contributed by atoms with Crippen LogP contribution in [0, 0.1) is 0 Å². The molecule has 0 radical (unpaired) electrons. The molecule has 0 aromatic carbocycles. The van der Waals surface area contributed by atoms with Gasteiger partial charge in [0.15, 0.2) is 0 Å². The Morgan fingerprint density at radius 2 is 2.00 bits per heavy atom. The van der Waals surface area contributed by atoms with E-state index in [2.05, 4.69) is 4.90 Å². The standard InChI is InChI=1S/C17H27NO3/c1-2-14(7-10-19-9-1)18-8-5-15(12-18)21-16-4-3-13-6-11-20-17(13)16/h14-16H,1-12H2/t14?,15-,16?/m1/s1. The van der Waals surface area contributed by atoms with Crippen molar-refractivity contribution >= 4 is 0 Å². The van der Waals surface area contributed by atoms with E-state index < -0.39 is 0 Å². The van der Waals surface area contributed by atoms with Gasteiger partial charge in [0.2, 0.25) is 0 Å². The van der Waals surface area contributed by atoms with Gasteiger partial charge in [-0.3, -0.25) is 4.90 Å². The Kier molecular flexibility index (Phi) is 4.19. The quantitative estimate of drug-likeness (QED) is 0.800. The first-order valence-electron chi connectivity index (χ1n) is 8.72. The van der Waals surface area contributed by atoms with E-state index in [9.17, 15) is 0 Å². The summed E-state index contributed by atoms with van der Waals surface area (Å²) in [6, 6.07) is 0.710. The third kappa shape index (κ3) is 2.99. The van der Waals surface area contributed by atoms with Gasteiger partial charge >= 0.3 is 0 Å². The van der Waals surface area contributed by atoms with E-state index >= 15 is 0 Å². The topological polar surface area (TPSA) is 30.9 Å². The van der Waals surface area contributed by atoms with E-state index in [0.717, 1.165) is 39.2 Å². The summed E-state index contributed by atoms with van der Waals surface area (Å²) >= 11 is 0. The average molecular weight is 293 g/mol. The van der Waals surface area contributed by atoms with Crippen LogP contribution >= 0.6 is 0 Å². The molecule has 4 aliphatic rings. The fourth-order valence-electron chi connectivity index (χ4n) is 4.33. The van der Waals surface area contributed by atoms with E-state index in [4.69, 9.17) is 14.2 Å². The molecule has 4 heteroatoms. The average Bonchev–Trinajstić information content (AvgIpc) is 3.15. The molecule has 4 rings (SSSR count). The van der Waals surface area contributed by atoms with Gasteiger partial charge in [0.25, 0.3) is 0 Å². The largest absolute Gasteiger partial charge is 0.495 e. The summed E-state index contributed by atoms with van der Waals surface area (Å²) in [6.45, 7) is 5.04. The lowest BCUT2D eigenvalue weighted by molar-refractivity contribution is -0.0146. The number of rotatable bonds is 3. The second-order valence-corrected chi connectivity index (χ2v) is 6.83. The second-order valence-electron chi connectivity index (χ2n) is 6.83. The molecule has 3 heterocycles. The van der Waals surface area contributed by atoms with Crippen molar-refractivity contribution in [1.29, 1.82) is 0 Å². The Hall–Kier alpha value is -0.580. The number of ether oxygens (including phenoxy) is 3. The normalized spacial score (nSPS) is 37.6. The first-order valence-corrected chi connectivity index (χ1v) is 8.72. The van der Waals surface area contributed by atoms with Crippen molar-refractivity contribution < 1.29 is 14.2 Å². The summed E-state index contributed by atoms with van der Waals surface area (Å²) in [5.41, 5.74) is 1.52. The Morgan fingerprint density at radius 1 is 1.00 bits per heavy atom. The molecule has 0 saturated carbocycles. The van der Waals surface area contributed by atoms with Gasteiger partial charge in [0.1, 0.15) is 11.9 Å². The third-order valence-electron chi connectivity index (χ3n) is 5.48. The summed E-state index contributed by atoms with van der Waals surface area (Å²) in [6.07, 6.45) is 8.97. The SMILES string of the molecule is C1COCCC(N2CC[C@@H](OC3CCC4=C3OCC4)C2)C1. The van der Waals surface area contributed by atoms with Crippen molar-refractivity contribution in [3.63, 3.8) is 0 Å². The van der Waals surface area contributed by atoms with Crippen LogP contribution in [0.15, 0.2) is 11.3 Å². The minimum atomic E-state index is 0.255. The minimum absolute atomic E-state index is 0.255. The van der Waals surface area contributed by atoms with Crippen LogP contribution < -0.4 is 0 Å². The molecule has 1 aliphatic carbocycles. The van der Waals surface area contributed by atoms with Crippen molar-refractivity contribution in [2.24, 2.45) is 0 Å². The molecule has 21 heavy (non-hydrogen) atoms. The Labute approximate surface area is 127 Å². The molecule has 0 bridgehead atoms. The highest BCUT2D eigenvalue weighted by molar-refractivity contribution is 5.22. The summed E-state index contributed by atoms with van der Waals surface area (Å²) in [4.78, 5) is 2.64. The highest BCUT2D eigenvalue weighted by Gasteiger charge is 2.36. The smallest absolute Gasteiger partial charge is 0.124 e. The molecule has 2 saturated heterocycles. The number of hydrogen-bond donors (Lipinski definition) is 0. The van der Waals surface area contributed by atoms with Crippen LogP contribution in [0.4, 0.5) is 0 Å². The van der Waals surface area contributed by atoms with E-state index in [1.165, 1.54) is 50.0 Å². The maximum Gasteiger partial charge on any atom is 0.124 e. The van der Waals surface area contributed by atoms with Gasteiger partial charge in [0.05, 0.1) is 12.7 Å². The molecule has 0 amide bonds. The van der Waals surface area contributed by atoms with Crippen LogP contribution in [-0.2, 0) is 14.2 Å². The summed E-state index contributed by atoms with van der Waals surface area (Å²) < 4.78 is 17.8. The molecule has 0 spiro atoms. The summed E-state index contributed by atoms with van der Waals surface area (Å²) in [7, 11) is 0. The predicted octanol–water partition coefficient (Wildman–Crippen LogP) is 2.48. The number of nitrogens with zero attached hydrogens (tertiary/aromatic N) is 1. The highest BCUT2D eigenvalue weighted by Crippen LogP contribution is 2.37. The monoisotopic (exact) mass is 293 g/mol. The van der Waals surface area contributed by atoms with Crippen molar-refractivity contribution in [2.45, 2.75) is 63.2 Å². The summed E-state index contributed by atoms with van der Waals surface area (Å²) in [5.74, 6) is 1.19. The Morgan fingerprint density at radius 3 is 3.00 bits per heavy atom. The van der Waals surface area contributed by atoms with Crippen LogP contribution in [0.1, 0.15) is 44.9 Å². The van der Waals surface area contributed by atoms with E-state index in [-0.39, 0.29) is 6.10 Å². The molecule has 4 nitrogen and oxygen atoms in total. The van der Waals surface area contributed by atoms with Gasteiger partial charge < -0.3 is 14.2 Å². The zero-order chi connectivity index (χ0) is 14.1. The maximum absolute atomic E-state index is 6.38. The van der Waals surface area contributed by atoms with Crippen molar-refractivity contribution in [3.05, 3.63) is 11.3 Å². The zero-order valence-corrected chi connectivity index (χ0v) is 12.9. The lowest BCUT2D eigenvalue weighted by Crippen LogP contribution is -2.35. The minimum Gasteiger partial charge on any atom is -0.495 e. The molecule has 0 aromatic rings. The molecular weight excluding hydrogens is 266 g/mol. The van der Waals surface area contributed by atoms with Gasteiger partial charge in [-0.2, -0.15) is 0 Å². The van der Waals surface area contributed by atoms with E-state index in [0.29, 0.717) is 12.1 Å². The zero-order valence-electron chi connectivity index (χ0n) is 12.9. The number of likely N-dealkylation sites (tertiary alicyclic amines) is 1. The molecule has 3 atom stereocenters. The predicted molar refractivity (Wildman–Crippen MR) is 80.1 cm³/mol.